The van der Waals surface area contributed by atoms with Crippen molar-refractivity contribution in [1.82, 2.24) is 14.5 Å². The second-order valence-corrected chi connectivity index (χ2v) is 12.1. The second kappa shape index (κ2) is 16.9. The normalized spacial score (nSPS) is 15.0. The molecule has 0 spiro atoms. The van der Waals surface area contributed by atoms with E-state index < -0.39 is 0 Å². The zero-order chi connectivity index (χ0) is 33.7. The topological polar surface area (TPSA) is 99.1 Å². The predicted molar refractivity (Wildman–Crippen MR) is 194 cm³/mol. The summed E-state index contributed by atoms with van der Waals surface area (Å²) in [6.07, 6.45) is 3.20. The Morgan fingerprint density at radius 2 is 1.31 bits per heavy atom. The summed E-state index contributed by atoms with van der Waals surface area (Å²) < 4.78 is 2.68. The molecule has 4 aromatic carbocycles. The van der Waals surface area contributed by atoms with Crippen LogP contribution in [-0.2, 0) is 4.79 Å². The fourth-order valence-electron chi connectivity index (χ4n) is 6.56. The summed E-state index contributed by atoms with van der Waals surface area (Å²) in [7, 11) is 2.09. The van der Waals surface area contributed by atoms with Gasteiger partial charge in [-0.3, -0.25) is 4.79 Å². The van der Waals surface area contributed by atoms with Gasteiger partial charge in [0.15, 0.2) is 0 Å². The fraction of sp³-hybridized carbons (Fsp3) is 0.282. The molecular weight excluding hydrogens is 600 g/mol. The van der Waals surface area contributed by atoms with Crippen molar-refractivity contribution in [3.05, 3.63) is 126 Å². The zero-order valence-corrected chi connectivity index (χ0v) is 27.4. The SMILES string of the molecule is C=[N+]=C=O.CN1CCN(C(=O)c2ccc(NC(=O)Nc3ccccc3)c(N3CCC(C(c4ccccc4)c4ccccc4)CC3)c2)CC1. The van der Waals surface area contributed by atoms with E-state index in [4.69, 9.17) is 4.79 Å². The molecule has 0 unspecified atom stereocenters. The number of anilines is 3. The van der Waals surface area contributed by atoms with E-state index >= 15 is 0 Å². The highest BCUT2D eigenvalue weighted by Crippen LogP contribution is 2.40. The lowest BCUT2D eigenvalue weighted by atomic mass is 9.76. The van der Waals surface area contributed by atoms with Crippen LogP contribution in [0.2, 0.25) is 0 Å². The summed E-state index contributed by atoms with van der Waals surface area (Å²) in [6, 6.07) is 36.4. The summed E-state index contributed by atoms with van der Waals surface area (Å²) in [6.45, 7) is 7.65. The van der Waals surface area contributed by atoms with Crippen LogP contribution in [0.1, 0.15) is 40.2 Å². The van der Waals surface area contributed by atoms with Crippen LogP contribution in [0.4, 0.5) is 21.9 Å². The molecule has 0 atom stereocenters. The van der Waals surface area contributed by atoms with Crippen molar-refractivity contribution in [1.29, 1.82) is 0 Å². The number of carbonyl (C=O) groups excluding carboxylic acids is 3. The monoisotopic (exact) mass is 643 g/mol. The lowest BCUT2D eigenvalue weighted by molar-refractivity contribution is 0.0664. The van der Waals surface area contributed by atoms with Gasteiger partial charge in [0.1, 0.15) is 0 Å². The van der Waals surface area contributed by atoms with E-state index in [0.29, 0.717) is 23.1 Å². The molecule has 0 radical (unpaired) electrons. The summed E-state index contributed by atoms with van der Waals surface area (Å²) in [5.41, 5.74) is 5.67. The summed E-state index contributed by atoms with van der Waals surface area (Å²) in [5.74, 6) is 0.839. The first kappa shape index (κ1) is 33.9. The Kier molecular flexibility index (Phi) is 11.9. The Hall–Kier alpha value is -5.46. The molecule has 0 aromatic heterocycles. The smallest absolute Gasteiger partial charge is 0.370 e. The number of amides is 3. The van der Waals surface area contributed by atoms with Crippen molar-refractivity contribution in [2.24, 2.45) is 5.92 Å². The van der Waals surface area contributed by atoms with Crippen molar-refractivity contribution < 1.29 is 14.4 Å². The van der Waals surface area contributed by atoms with Crippen molar-refractivity contribution in [2.45, 2.75) is 18.8 Å². The van der Waals surface area contributed by atoms with E-state index in [1.54, 1.807) is 0 Å². The molecule has 3 amide bonds. The number of nitrogens with zero attached hydrogens (tertiary/aromatic N) is 4. The van der Waals surface area contributed by atoms with Crippen LogP contribution < -0.4 is 20.2 Å². The minimum Gasteiger partial charge on any atom is -0.370 e. The lowest BCUT2D eigenvalue weighted by Crippen LogP contribution is -2.47. The van der Waals surface area contributed by atoms with Gasteiger partial charge in [-0.1, -0.05) is 78.9 Å². The molecule has 4 aromatic rings. The second-order valence-electron chi connectivity index (χ2n) is 12.1. The Bertz CT molecular complexity index is 1660. The Balaban J connectivity index is 0.00000107. The molecule has 48 heavy (non-hydrogen) atoms. The summed E-state index contributed by atoms with van der Waals surface area (Å²) in [5, 5.41) is 5.99. The molecule has 9 heteroatoms. The number of para-hydroxylation sites is 1. The van der Waals surface area contributed by atoms with Gasteiger partial charge < -0.3 is 25.3 Å². The number of benzene rings is 4. The van der Waals surface area contributed by atoms with E-state index in [1.165, 1.54) is 17.2 Å². The average Bonchev–Trinajstić information content (AvgIpc) is 3.14. The third-order valence-electron chi connectivity index (χ3n) is 9.05. The van der Waals surface area contributed by atoms with Gasteiger partial charge in [-0.05, 0) is 71.9 Å². The highest BCUT2D eigenvalue weighted by atomic mass is 16.2. The molecule has 6 rings (SSSR count). The van der Waals surface area contributed by atoms with Gasteiger partial charge in [-0.2, -0.15) is 0 Å². The molecular formula is C39H43N6O3+. The Labute approximate surface area is 282 Å². The van der Waals surface area contributed by atoms with Gasteiger partial charge in [0.2, 0.25) is 0 Å². The molecule has 2 N–H and O–H groups in total. The molecule has 0 aliphatic carbocycles. The van der Waals surface area contributed by atoms with E-state index in [1.807, 2.05) is 53.4 Å². The number of urea groups is 1. The van der Waals surface area contributed by atoms with Gasteiger partial charge >= 0.3 is 12.1 Å². The Morgan fingerprint density at radius 1 is 0.771 bits per heavy atom. The quantitative estimate of drug-likeness (QED) is 0.149. The number of nitrogens with one attached hydrogen (secondary N) is 2. The third kappa shape index (κ3) is 8.87. The first-order chi connectivity index (χ1) is 23.5. The van der Waals surface area contributed by atoms with Crippen LogP contribution in [0.3, 0.4) is 0 Å². The molecule has 246 valence electrons. The minimum atomic E-state index is -0.307. The lowest BCUT2D eigenvalue weighted by Gasteiger charge is -2.38. The van der Waals surface area contributed by atoms with Crippen molar-refractivity contribution >= 4 is 41.8 Å². The molecule has 0 saturated carbocycles. The predicted octanol–water partition coefficient (Wildman–Crippen LogP) is 5.86. The van der Waals surface area contributed by atoms with Crippen LogP contribution in [0.15, 0.2) is 109 Å². The van der Waals surface area contributed by atoms with Gasteiger partial charge in [0.25, 0.3) is 12.6 Å². The summed E-state index contributed by atoms with van der Waals surface area (Å²) >= 11 is 0. The molecule has 0 bridgehead atoms. The van der Waals surface area contributed by atoms with Crippen molar-refractivity contribution in [2.75, 3.05) is 61.8 Å². The number of likely N-dealkylation sites (N-methyl/N-ethyl adjacent to an activating group) is 1. The maximum absolute atomic E-state index is 13.6. The number of carbonyl (C=O) groups is 2. The molecule has 2 aliphatic heterocycles. The molecule has 2 aliphatic rings. The number of piperidine rings is 1. The van der Waals surface area contributed by atoms with Gasteiger partial charge in [0, 0.05) is 56.4 Å². The maximum Gasteiger partial charge on any atom is 0.566 e. The highest BCUT2D eigenvalue weighted by molar-refractivity contribution is 6.03. The number of rotatable bonds is 7. The van der Waals surface area contributed by atoms with Gasteiger partial charge in [-0.15, -0.1) is 4.79 Å². The van der Waals surface area contributed by atoms with Crippen LogP contribution in [0.5, 0.6) is 0 Å². The van der Waals surface area contributed by atoms with E-state index in [0.717, 1.165) is 63.5 Å². The number of hydrogen-bond acceptors (Lipinski definition) is 5. The third-order valence-corrected chi connectivity index (χ3v) is 9.05. The highest BCUT2D eigenvalue weighted by Gasteiger charge is 2.30. The Morgan fingerprint density at radius 3 is 1.85 bits per heavy atom. The largest absolute Gasteiger partial charge is 0.566 e. The van der Waals surface area contributed by atoms with Gasteiger partial charge in [-0.25, -0.2) is 4.79 Å². The van der Waals surface area contributed by atoms with Crippen LogP contribution >= 0.6 is 0 Å². The number of hydrogen-bond donors (Lipinski definition) is 2. The first-order valence-electron chi connectivity index (χ1n) is 16.4. The van der Waals surface area contributed by atoms with E-state index in [-0.39, 0.29) is 11.9 Å². The summed E-state index contributed by atoms with van der Waals surface area (Å²) in [4.78, 5) is 41.9. The molecule has 2 heterocycles. The standard InChI is InChI=1S/C37H41N5O2.C2H2NO/c1-40-23-25-42(26-24-40)36(43)31-17-18-33(39-37(44)38-32-15-9-4-10-16-32)34(27-31)41-21-19-30(20-22-41)35(28-11-5-2-6-12-28)29-13-7-3-8-14-29;1-3-2-4/h2-18,27,30,35H,19-26H2,1H3,(H2,38,39,44);1H2/q;+1. The molecule has 2 fully saturated rings. The van der Waals surface area contributed by atoms with Crippen LogP contribution in [0, 0.1) is 5.92 Å². The maximum atomic E-state index is 13.6. The van der Waals surface area contributed by atoms with Crippen molar-refractivity contribution in [3.8, 4) is 0 Å². The fourth-order valence-corrected chi connectivity index (χ4v) is 6.56. The zero-order valence-electron chi connectivity index (χ0n) is 27.4. The minimum absolute atomic E-state index is 0.0442. The molecule has 9 nitrogen and oxygen atoms in total. The molecule has 2 saturated heterocycles. The first-order valence-corrected chi connectivity index (χ1v) is 16.4. The number of piperazine rings is 1. The van der Waals surface area contributed by atoms with E-state index in [2.05, 4.69) is 99.5 Å². The van der Waals surface area contributed by atoms with E-state index in [9.17, 15) is 9.59 Å². The number of isocyanates is 1. The van der Waals surface area contributed by atoms with Crippen LogP contribution in [0.25, 0.3) is 0 Å². The average molecular weight is 644 g/mol. The van der Waals surface area contributed by atoms with Crippen LogP contribution in [-0.4, -0.2) is 80.9 Å². The van der Waals surface area contributed by atoms with Crippen molar-refractivity contribution in [3.63, 3.8) is 0 Å². The van der Waals surface area contributed by atoms with Gasteiger partial charge in [0.05, 0.1) is 11.4 Å².